The second-order valence-electron chi connectivity index (χ2n) is 6.13. The quantitative estimate of drug-likeness (QED) is 0.635. The van der Waals surface area contributed by atoms with Gasteiger partial charge >= 0.3 is 0 Å². The van der Waals surface area contributed by atoms with Crippen molar-refractivity contribution >= 4 is 27.5 Å². The Kier molecular flexibility index (Phi) is 5.06. The summed E-state index contributed by atoms with van der Waals surface area (Å²) in [4.78, 5) is 17.9. The molecule has 3 aromatic rings. The Balaban J connectivity index is 1.82. The van der Waals surface area contributed by atoms with E-state index < -0.39 is 5.91 Å². The van der Waals surface area contributed by atoms with Gasteiger partial charge in [0.15, 0.2) is 27.8 Å². The highest BCUT2D eigenvalue weighted by Gasteiger charge is 2.19. The van der Waals surface area contributed by atoms with E-state index in [0.717, 1.165) is 10.2 Å². The van der Waals surface area contributed by atoms with Crippen LogP contribution in [0, 0.1) is 0 Å². The molecule has 1 aliphatic heterocycles. The molecule has 0 unspecified atom stereocenters. The summed E-state index contributed by atoms with van der Waals surface area (Å²) in [5.41, 5.74) is 1.28. The molecular formula is C20H20N2O6S. The number of benzene rings is 2. The predicted molar refractivity (Wildman–Crippen MR) is 108 cm³/mol. The third-order valence-electron chi connectivity index (χ3n) is 4.60. The average Bonchev–Trinajstić information content (AvgIpc) is 3.33. The van der Waals surface area contributed by atoms with E-state index in [1.807, 2.05) is 23.6 Å². The minimum atomic E-state index is -0.405. The van der Waals surface area contributed by atoms with E-state index in [4.69, 9.17) is 23.7 Å². The maximum absolute atomic E-state index is 12.9. The number of amides is 1. The molecule has 2 aromatic carbocycles. The third-order valence-corrected chi connectivity index (χ3v) is 5.64. The van der Waals surface area contributed by atoms with Gasteiger partial charge in [0.05, 0.1) is 31.5 Å². The van der Waals surface area contributed by atoms with Crippen molar-refractivity contribution < 1.29 is 28.5 Å². The molecule has 1 aromatic heterocycles. The first-order chi connectivity index (χ1) is 14.1. The van der Waals surface area contributed by atoms with Crippen LogP contribution in [0.3, 0.4) is 0 Å². The number of hydrogen-bond acceptors (Lipinski definition) is 7. The summed E-state index contributed by atoms with van der Waals surface area (Å²) in [6.45, 7) is 2.87. The first kappa shape index (κ1) is 19.1. The van der Waals surface area contributed by atoms with Gasteiger partial charge in [0, 0.05) is 24.2 Å². The zero-order valence-corrected chi connectivity index (χ0v) is 17.3. The number of methoxy groups -OCH3 is 3. The molecule has 8 nitrogen and oxygen atoms in total. The lowest BCUT2D eigenvalue weighted by atomic mass is 10.1. The van der Waals surface area contributed by atoms with E-state index in [-0.39, 0.29) is 6.79 Å². The number of nitrogens with zero attached hydrogens (tertiary/aromatic N) is 2. The SMILES string of the molecule is CCn1c(=NC(=O)c2cc(OC)c(OC)c(OC)c2)sc2cc3c(cc21)OCO3. The average molecular weight is 416 g/mol. The number of aromatic nitrogens is 1. The molecule has 0 N–H and O–H groups in total. The minimum Gasteiger partial charge on any atom is -0.493 e. The number of thiazole rings is 1. The molecule has 1 amide bonds. The topological polar surface area (TPSA) is 80.5 Å². The fraction of sp³-hybridized carbons (Fsp3) is 0.300. The van der Waals surface area contributed by atoms with E-state index in [0.29, 0.717) is 45.7 Å². The molecule has 152 valence electrons. The molecule has 0 atom stereocenters. The van der Waals surface area contributed by atoms with E-state index >= 15 is 0 Å². The van der Waals surface area contributed by atoms with Gasteiger partial charge in [-0.25, -0.2) is 0 Å². The first-order valence-electron chi connectivity index (χ1n) is 8.91. The van der Waals surface area contributed by atoms with Gasteiger partial charge in [0.2, 0.25) is 12.5 Å². The molecule has 29 heavy (non-hydrogen) atoms. The fourth-order valence-corrected chi connectivity index (χ4v) is 4.31. The van der Waals surface area contributed by atoms with E-state index in [9.17, 15) is 4.79 Å². The van der Waals surface area contributed by atoms with Gasteiger partial charge in [-0.05, 0) is 19.1 Å². The largest absolute Gasteiger partial charge is 0.493 e. The van der Waals surface area contributed by atoms with Crippen LogP contribution in [0.4, 0.5) is 0 Å². The standard InChI is InChI=1S/C20H20N2O6S/c1-5-22-12-8-13-14(28-10-27-13)9-17(12)29-20(22)21-19(23)11-6-15(24-2)18(26-4)16(7-11)25-3/h6-9H,5,10H2,1-4H3. The Morgan fingerprint density at radius 2 is 1.72 bits per heavy atom. The Labute approximate surface area is 170 Å². The van der Waals surface area contributed by atoms with Crippen LogP contribution in [0.2, 0.25) is 0 Å². The van der Waals surface area contributed by atoms with Crippen LogP contribution in [0.25, 0.3) is 10.2 Å². The highest BCUT2D eigenvalue weighted by molar-refractivity contribution is 7.16. The van der Waals surface area contributed by atoms with Crippen LogP contribution >= 0.6 is 11.3 Å². The number of carbonyl (C=O) groups excluding carboxylic acids is 1. The molecule has 0 spiro atoms. The molecule has 2 heterocycles. The number of carbonyl (C=O) groups is 1. The van der Waals surface area contributed by atoms with Gasteiger partial charge < -0.3 is 28.3 Å². The van der Waals surface area contributed by atoms with Crippen molar-refractivity contribution in [1.82, 2.24) is 4.57 Å². The van der Waals surface area contributed by atoms with Gasteiger partial charge in [-0.2, -0.15) is 4.99 Å². The number of hydrogen-bond donors (Lipinski definition) is 0. The molecule has 1 aliphatic rings. The minimum absolute atomic E-state index is 0.218. The highest BCUT2D eigenvalue weighted by atomic mass is 32.1. The third kappa shape index (κ3) is 3.27. The molecule has 0 aliphatic carbocycles. The monoisotopic (exact) mass is 416 g/mol. The Hall–Kier alpha value is -3.20. The lowest BCUT2D eigenvalue weighted by Crippen LogP contribution is -2.16. The van der Waals surface area contributed by atoms with Gasteiger partial charge in [-0.15, -0.1) is 0 Å². The molecule has 0 saturated heterocycles. The van der Waals surface area contributed by atoms with Gasteiger partial charge in [-0.1, -0.05) is 11.3 Å². The zero-order chi connectivity index (χ0) is 20.5. The van der Waals surface area contributed by atoms with Crippen LogP contribution < -0.4 is 28.5 Å². The second kappa shape index (κ2) is 7.67. The van der Waals surface area contributed by atoms with Crippen LogP contribution in [-0.4, -0.2) is 38.6 Å². The smallest absolute Gasteiger partial charge is 0.279 e. The molecule has 0 fully saturated rings. The van der Waals surface area contributed by atoms with Crippen molar-refractivity contribution in [3.05, 3.63) is 34.6 Å². The van der Waals surface area contributed by atoms with Crippen LogP contribution in [0.15, 0.2) is 29.3 Å². The lowest BCUT2D eigenvalue weighted by molar-refractivity contribution is 0.0997. The summed E-state index contributed by atoms with van der Waals surface area (Å²) in [7, 11) is 4.52. The highest BCUT2D eigenvalue weighted by Crippen LogP contribution is 2.39. The Bertz CT molecular complexity index is 1140. The Morgan fingerprint density at radius 1 is 1.07 bits per heavy atom. The maximum Gasteiger partial charge on any atom is 0.279 e. The van der Waals surface area contributed by atoms with Crippen LogP contribution in [-0.2, 0) is 6.54 Å². The number of ether oxygens (including phenoxy) is 5. The van der Waals surface area contributed by atoms with Gasteiger partial charge in [0.25, 0.3) is 5.91 Å². The number of fused-ring (bicyclic) bond motifs is 2. The molecule has 9 heteroatoms. The van der Waals surface area contributed by atoms with Crippen molar-refractivity contribution in [1.29, 1.82) is 0 Å². The Morgan fingerprint density at radius 3 is 2.31 bits per heavy atom. The molecule has 4 rings (SSSR count). The van der Waals surface area contributed by atoms with E-state index in [2.05, 4.69) is 4.99 Å². The van der Waals surface area contributed by atoms with Gasteiger partial charge in [0.1, 0.15) is 0 Å². The summed E-state index contributed by atoms with van der Waals surface area (Å²) >= 11 is 1.42. The summed E-state index contributed by atoms with van der Waals surface area (Å²) in [6.07, 6.45) is 0. The summed E-state index contributed by atoms with van der Waals surface area (Å²) in [6, 6.07) is 7.01. The number of aryl methyl sites for hydroxylation is 1. The van der Waals surface area contributed by atoms with Gasteiger partial charge in [-0.3, -0.25) is 4.79 Å². The summed E-state index contributed by atoms with van der Waals surface area (Å²) < 4.78 is 29.8. The molecule has 0 bridgehead atoms. The zero-order valence-electron chi connectivity index (χ0n) is 16.5. The normalized spacial score (nSPS) is 13.0. The van der Waals surface area contributed by atoms with E-state index in [1.165, 1.54) is 32.7 Å². The van der Waals surface area contributed by atoms with Crippen molar-refractivity contribution in [2.24, 2.45) is 4.99 Å². The maximum atomic E-state index is 12.9. The van der Waals surface area contributed by atoms with Crippen molar-refractivity contribution in [3.8, 4) is 28.7 Å². The van der Waals surface area contributed by atoms with Crippen LogP contribution in [0.1, 0.15) is 17.3 Å². The predicted octanol–water partition coefficient (Wildman–Crippen LogP) is 3.22. The summed E-state index contributed by atoms with van der Waals surface area (Å²) in [5.74, 6) is 2.21. The number of rotatable bonds is 5. The second-order valence-corrected chi connectivity index (χ2v) is 7.14. The van der Waals surface area contributed by atoms with Crippen molar-refractivity contribution in [2.45, 2.75) is 13.5 Å². The molecule has 0 saturated carbocycles. The fourth-order valence-electron chi connectivity index (χ4n) is 3.21. The van der Waals surface area contributed by atoms with Crippen molar-refractivity contribution in [3.63, 3.8) is 0 Å². The lowest BCUT2D eigenvalue weighted by Gasteiger charge is -2.12. The van der Waals surface area contributed by atoms with Crippen LogP contribution in [0.5, 0.6) is 28.7 Å². The first-order valence-corrected chi connectivity index (χ1v) is 9.73. The molecular weight excluding hydrogens is 396 g/mol. The van der Waals surface area contributed by atoms with Crippen molar-refractivity contribution in [2.75, 3.05) is 28.1 Å². The summed E-state index contributed by atoms with van der Waals surface area (Å²) in [5, 5.41) is 0. The molecule has 0 radical (unpaired) electrons. The van der Waals surface area contributed by atoms with E-state index in [1.54, 1.807) is 12.1 Å².